The van der Waals surface area contributed by atoms with E-state index in [1.165, 1.54) is 0 Å². The van der Waals surface area contributed by atoms with Gasteiger partial charge >= 0.3 is 5.97 Å². The second-order valence-electron chi connectivity index (χ2n) is 4.91. The molecule has 0 aliphatic rings. The number of phenols is 1. The van der Waals surface area contributed by atoms with Gasteiger partial charge in [0, 0.05) is 6.42 Å². The monoisotopic (exact) mass is 299 g/mol. The van der Waals surface area contributed by atoms with E-state index in [-0.39, 0.29) is 5.75 Å². The van der Waals surface area contributed by atoms with Crippen molar-refractivity contribution in [1.29, 1.82) is 0 Å². The number of hydrogen-bond donors (Lipinski definition) is 2. The molecule has 0 aromatic heterocycles. The Balaban J connectivity index is 1.92. The van der Waals surface area contributed by atoms with Gasteiger partial charge in [-0.2, -0.15) is 0 Å². The van der Waals surface area contributed by atoms with Gasteiger partial charge in [0.15, 0.2) is 0 Å². The highest BCUT2D eigenvalue weighted by molar-refractivity contribution is 5.78. The fourth-order valence-corrected chi connectivity index (χ4v) is 1.95. The number of esters is 1. The molecule has 0 radical (unpaired) electrons. The lowest BCUT2D eigenvalue weighted by atomic mass is 10.1. The summed E-state index contributed by atoms with van der Waals surface area (Å²) in [7, 11) is 0. The number of aldehydes is 1. The third-order valence-corrected chi connectivity index (χ3v) is 3.16. The van der Waals surface area contributed by atoms with Gasteiger partial charge in [0.05, 0.1) is 0 Å². The maximum Gasteiger partial charge on any atom is 0.328 e. The lowest BCUT2D eigenvalue weighted by Crippen LogP contribution is -2.36. The highest BCUT2D eigenvalue weighted by atomic mass is 16.5. The van der Waals surface area contributed by atoms with Gasteiger partial charge in [0.2, 0.25) is 0 Å². The topological polar surface area (TPSA) is 89.6 Å². The Morgan fingerprint density at radius 2 is 1.68 bits per heavy atom. The first kappa shape index (κ1) is 15.7. The zero-order valence-electron chi connectivity index (χ0n) is 11.9. The van der Waals surface area contributed by atoms with Crippen molar-refractivity contribution in [2.24, 2.45) is 5.73 Å². The minimum absolute atomic E-state index is 0.162. The second-order valence-corrected chi connectivity index (χ2v) is 4.91. The quantitative estimate of drug-likeness (QED) is 0.480. The number of aromatic hydroxyl groups is 1. The first-order valence-electron chi connectivity index (χ1n) is 6.86. The van der Waals surface area contributed by atoms with Crippen LogP contribution >= 0.6 is 0 Å². The van der Waals surface area contributed by atoms with E-state index in [0.717, 1.165) is 17.4 Å². The zero-order chi connectivity index (χ0) is 15.9. The second kappa shape index (κ2) is 7.38. The maximum atomic E-state index is 11.9. The van der Waals surface area contributed by atoms with Crippen LogP contribution in [0.1, 0.15) is 11.1 Å². The first-order valence-corrected chi connectivity index (χ1v) is 6.86. The number of ether oxygens (including phenoxy) is 1. The Bertz CT molecular complexity index is 635. The minimum Gasteiger partial charge on any atom is -0.508 e. The number of benzene rings is 2. The molecule has 0 aliphatic heterocycles. The van der Waals surface area contributed by atoms with Gasteiger partial charge in [0.25, 0.3) is 0 Å². The molecule has 2 rings (SSSR count). The Kier molecular flexibility index (Phi) is 5.27. The van der Waals surface area contributed by atoms with Crippen molar-refractivity contribution < 1.29 is 19.4 Å². The largest absolute Gasteiger partial charge is 0.508 e. The predicted molar refractivity (Wildman–Crippen MR) is 81.6 cm³/mol. The SMILES string of the molecule is N[C@@H](Cc1ccc(O)cc1)C(=O)Oc1ccc(CC=O)cc1. The molecule has 0 bridgehead atoms. The minimum atomic E-state index is -0.792. The number of phenolic OH excluding ortho intramolecular Hbond substituents is 1. The number of carbonyl (C=O) groups is 2. The Hall–Kier alpha value is -2.66. The molecule has 2 aromatic carbocycles. The molecule has 0 spiro atoms. The molecule has 5 heteroatoms. The molecule has 0 aliphatic carbocycles. The van der Waals surface area contributed by atoms with Crippen molar-refractivity contribution in [3.8, 4) is 11.5 Å². The number of nitrogens with two attached hydrogens (primary N) is 1. The summed E-state index contributed by atoms with van der Waals surface area (Å²) in [5, 5.41) is 9.21. The molecular formula is C17H17NO4. The van der Waals surface area contributed by atoms with Gasteiger partial charge < -0.3 is 20.4 Å². The van der Waals surface area contributed by atoms with Gasteiger partial charge in [-0.1, -0.05) is 24.3 Å². The van der Waals surface area contributed by atoms with E-state index in [0.29, 0.717) is 18.6 Å². The molecule has 3 N–H and O–H groups in total. The lowest BCUT2D eigenvalue weighted by molar-refractivity contribution is -0.135. The summed E-state index contributed by atoms with van der Waals surface area (Å²) in [6.45, 7) is 0. The normalized spacial score (nSPS) is 11.7. The van der Waals surface area contributed by atoms with E-state index in [2.05, 4.69) is 0 Å². The lowest BCUT2D eigenvalue weighted by Gasteiger charge is -2.11. The standard InChI is InChI=1S/C17H17NO4/c18-16(11-13-1-5-14(20)6-2-13)17(21)22-15-7-3-12(4-8-15)9-10-19/h1-8,10,16,20H,9,11,18H2/t16-/m0/s1. The Morgan fingerprint density at radius 1 is 1.09 bits per heavy atom. The van der Waals surface area contributed by atoms with Crippen LogP contribution in [-0.2, 0) is 22.4 Å². The summed E-state index contributed by atoms with van der Waals surface area (Å²) in [6.07, 6.45) is 1.46. The molecule has 114 valence electrons. The fourth-order valence-electron chi connectivity index (χ4n) is 1.95. The molecule has 2 aromatic rings. The molecule has 22 heavy (non-hydrogen) atoms. The molecule has 1 atom stereocenters. The molecular weight excluding hydrogens is 282 g/mol. The van der Waals surface area contributed by atoms with Crippen molar-refractivity contribution in [2.75, 3.05) is 0 Å². The predicted octanol–water partition coefficient (Wildman–Crippen LogP) is 1.61. The van der Waals surface area contributed by atoms with E-state index in [1.807, 2.05) is 0 Å². The Labute approximate surface area is 128 Å². The van der Waals surface area contributed by atoms with Crippen molar-refractivity contribution in [2.45, 2.75) is 18.9 Å². The van der Waals surface area contributed by atoms with Crippen LogP contribution in [0.4, 0.5) is 0 Å². The van der Waals surface area contributed by atoms with Crippen LogP contribution in [0.25, 0.3) is 0 Å². The van der Waals surface area contributed by atoms with Gasteiger partial charge in [-0.3, -0.25) is 0 Å². The smallest absolute Gasteiger partial charge is 0.328 e. The van der Waals surface area contributed by atoms with Crippen LogP contribution in [0.3, 0.4) is 0 Å². The molecule has 0 saturated carbocycles. The van der Waals surface area contributed by atoms with Crippen LogP contribution in [-0.4, -0.2) is 23.4 Å². The van der Waals surface area contributed by atoms with Gasteiger partial charge in [-0.15, -0.1) is 0 Å². The van der Waals surface area contributed by atoms with E-state index in [9.17, 15) is 14.7 Å². The van der Waals surface area contributed by atoms with E-state index in [4.69, 9.17) is 10.5 Å². The molecule has 5 nitrogen and oxygen atoms in total. The summed E-state index contributed by atoms with van der Waals surface area (Å²) in [6, 6.07) is 12.4. The van der Waals surface area contributed by atoms with Gasteiger partial charge in [-0.05, 0) is 41.8 Å². The third kappa shape index (κ3) is 4.43. The van der Waals surface area contributed by atoms with Crippen LogP contribution in [0.15, 0.2) is 48.5 Å². The molecule has 0 unspecified atom stereocenters. The van der Waals surface area contributed by atoms with Crippen molar-refractivity contribution in [3.63, 3.8) is 0 Å². The van der Waals surface area contributed by atoms with Crippen molar-refractivity contribution in [3.05, 3.63) is 59.7 Å². The van der Waals surface area contributed by atoms with Gasteiger partial charge in [0.1, 0.15) is 23.8 Å². The molecule has 0 heterocycles. The average molecular weight is 299 g/mol. The van der Waals surface area contributed by atoms with Crippen LogP contribution in [0.5, 0.6) is 11.5 Å². The van der Waals surface area contributed by atoms with E-state index < -0.39 is 12.0 Å². The first-order chi connectivity index (χ1) is 10.6. The van der Waals surface area contributed by atoms with E-state index >= 15 is 0 Å². The summed E-state index contributed by atoms with van der Waals surface area (Å²) < 4.78 is 5.20. The molecule has 0 amide bonds. The van der Waals surface area contributed by atoms with Gasteiger partial charge in [-0.25, -0.2) is 4.79 Å². The maximum absolute atomic E-state index is 11.9. The highest BCUT2D eigenvalue weighted by Gasteiger charge is 2.16. The average Bonchev–Trinajstić information content (AvgIpc) is 2.51. The fraction of sp³-hybridized carbons (Fsp3) is 0.176. The summed E-state index contributed by atoms with van der Waals surface area (Å²) in [5.41, 5.74) is 7.52. The number of hydrogen-bond acceptors (Lipinski definition) is 5. The summed E-state index contributed by atoms with van der Waals surface area (Å²) in [4.78, 5) is 22.3. The van der Waals surface area contributed by atoms with Crippen LogP contribution in [0, 0.1) is 0 Å². The molecule has 0 saturated heterocycles. The third-order valence-electron chi connectivity index (χ3n) is 3.16. The molecule has 0 fully saturated rings. The van der Waals surface area contributed by atoms with E-state index in [1.54, 1.807) is 48.5 Å². The van der Waals surface area contributed by atoms with Crippen LogP contribution < -0.4 is 10.5 Å². The Morgan fingerprint density at radius 3 is 2.27 bits per heavy atom. The highest BCUT2D eigenvalue weighted by Crippen LogP contribution is 2.14. The number of rotatable bonds is 6. The van der Waals surface area contributed by atoms with Crippen molar-refractivity contribution >= 4 is 12.3 Å². The zero-order valence-corrected chi connectivity index (χ0v) is 11.9. The summed E-state index contributed by atoms with van der Waals surface area (Å²) >= 11 is 0. The van der Waals surface area contributed by atoms with Crippen LogP contribution in [0.2, 0.25) is 0 Å². The summed E-state index contributed by atoms with van der Waals surface area (Å²) in [5.74, 6) is 0.0207. The van der Waals surface area contributed by atoms with Crippen molar-refractivity contribution in [1.82, 2.24) is 0 Å². The number of carbonyl (C=O) groups excluding carboxylic acids is 2.